The third-order valence-corrected chi connectivity index (χ3v) is 9.19. The number of ether oxygens (including phenoxy) is 1. The minimum atomic E-state index is -1.63. The second-order valence-corrected chi connectivity index (χ2v) is 10.4. The molecule has 0 spiro atoms. The maximum Gasteiger partial charge on any atom is 0.303 e. The Bertz CT molecular complexity index is 773. The standard InChI is InChI=1S/C23H32O6/c1-13(24)29-12-19(27)23(28)9-7-17-16-5-4-14-10-15(25)6-8-21(14,2)20(16)18(26)11-22(17,23)3/h14,16-17,20,28H,4-12H2,1-3H3/t14-,16-,17-,20-,21-,22-,23+/m0/s1. The number of hydrogen-bond acceptors (Lipinski definition) is 6. The molecule has 0 radical (unpaired) electrons. The molecule has 4 saturated carbocycles. The molecule has 0 amide bonds. The van der Waals surface area contributed by atoms with E-state index in [0.717, 1.165) is 19.3 Å². The summed E-state index contributed by atoms with van der Waals surface area (Å²) in [4.78, 5) is 49.5. The van der Waals surface area contributed by atoms with Gasteiger partial charge in [0, 0.05) is 37.5 Å². The van der Waals surface area contributed by atoms with Crippen molar-refractivity contribution in [2.75, 3.05) is 6.61 Å². The Morgan fingerprint density at radius 1 is 1.14 bits per heavy atom. The maximum absolute atomic E-state index is 13.5. The number of carbonyl (C=O) groups is 4. The first-order valence-electron chi connectivity index (χ1n) is 11.0. The third-order valence-electron chi connectivity index (χ3n) is 9.19. The van der Waals surface area contributed by atoms with Gasteiger partial charge >= 0.3 is 5.97 Å². The second kappa shape index (κ2) is 6.73. The zero-order valence-corrected chi connectivity index (χ0v) is 17.7. The van der Waals surface area contributed by atoms with Crippen molar-refractivity contribution in [3.8, 4) is 0 Å². The molecule has 0 heterocycles. The zero-order valence-electron chi connectivity index (χ0n) is 17.7. The summed E-state index contributed by atoms with van der Waals surface area (Å²) >= 11 is 0. The van der Waals surface area contributed by atoms with Gasteiger partial charge < -0.3 is 9.84 Å². The fourth-order valence-electron chi connectivity index (χ4n) is 7.61. The molecule has 29 heavy (non-hydrogen) atoms. The predicted molar refractivity (Wildman–Crippen MR) is 104 cm³/mol. The van der Waals surface area contributed by atoms with Gasteiger partial charge in [-0.1, -0.05) is 13.8 Å². The molecule has 6 nitrogen and oxygen atoms in total. The van der Waals surface area contributed by atoms with E-state index in [1.807, 2.05) is 6.92 Å². The van der Waals surface area contributed by atoms with Gasteiger partial charge in [-0.05, 0) is 55.3 Å². The fraction of sp³-hybridized carbons (Fsp3) is 0.826. The van der Waals surface area contributed by atoms with E-state index in [4.69, 9.17) is 4.74 Å². The Morgan fingerprint density at radius 3 is 2.55 bits per heavy atom. The molecule has 160 valence electrons. The zero-order chi connectivity index (χ0) is 21.2. The number of aliphatic hydroxyl groups is 1. The van der Waals surface area contributed by atoms with Crippen molar-refractivity contribution in [3.05, 3.63) is 0 Å². The van der Waals surface area contributed by atoms with Crippen molar-refractivity contribution < 1.29 is 29.0 Å². The van der Waals surface area contributed by atoms with Crippen LogP contribution in [0.15, 0.2) is 0 Å². The van der Waals surface area contributed by atoms with Crippen LogP contribution in [0.2, 0.25) is 0 Å². The van der Waals surface area contributed by atoms with Crippen LogP contribution in [0.1, 0.15) is 72.1 Å². The van der Waals surface area contributed by atoms with E-state index in [9.17, 15) is 24.3 Å². The van der Waals surface area contributed by atoms with Crippen LogP contribution in [-0.4, -0.2) is 40.6 Å². The summed E-state index contributed by atoms with van der Waals surface area (Å²) < 4.78 is 4.87. The highest BCUT2D eigenvalue weighted by molar-refractivity contribution is 5.93. The van der Waals surface area contributed by atoms with E-state index in [0.29, 0.717) is 31.5 Å². The first kappa shape index (κ1) is 20.7. The lowest BCUT2D eigenvalue weighted by Crippen LogP contribution is -2.62. The molecule has 4 rings (SSSR count). The van der Waals surface area contributed by atoms with Gasteiger partial charge in [-0.25, -0.2) is 0 Å². The maximum atomic E-state index is 13.5. The molecular formula is C23H32O6. The Labute approximate surface area is 171 Å². The van der Waals surface area contributed by atoms with Gasteiger partial charge in [0.2, 0.25) is 5.78 Å². The average molecular weight is 405 g/mol. The van der Waals surface area contributed by atoms with Gasteiger partial charge in [-0.2, -0.15) is 0 Å². The first-order chi connectivity index (χ1) is 13.5. The first-order valence-corrected chi connectivity index (χ1v) is 11.0. The predicted octanol–water partition coefficient (Wildman–Crippen LogP) is 2.64. The van der Waals surface area contributed by atoms with Crippen LogP contribution >= 0.6 is 0 Å². The van der Waals surface area contributed by atoms with Gasteiger partial charge in [0.15, 0.2) is 6.61 Å². The molecule has 0 aromatic carbocycles. The Morgan fingerprint density at radius 2 is 1.86 bits per heavy atom. The van der Waals surface area contributed by atoms with Crippen molar-refractivity contribution in [2.24, 2.45) is 34.5 Å². The van der Waals surface area contributed by atoms with Gasteiger partial charge in [0.25, 0.3) is 0 Å². The Kier molecular flexibility index (Phi) is 4.80. The number of rotatable bonds is 3. The minimum Gasteiger partial charge on any atom is -0.458 e. The Balaban J connectivity index is 1.64. The van der Waals surface area contributed by atoms with E-state index in [1.54, 1.807) is 0 Å². The Hall–Kier alpha value is -1.56. The highest BCUT2D eigenvalue weighted by atomic mass is 16.5. The van der Waals surface area contributed by atoms with E-state index < -0.39 is 29.4 Å². The van der Waals surface area contributed by atoms with E-state index >= 15 is 0 Å². The molecule has 0 aromatic heterocycles. The molecule has 1 N–H and O–H groups in total. The normalized spacial score (nSPS) is 46.5. The lowest BCUT2D eigenvalue weighted by atomic mass is 9.44. The van der Waals surface area contributed by atoms with Crippen LogP contribution in [0, 0.1) is 34.5 Å². The molecule has 4 aliphatic carbocycles. The van der Waals surface area contributed by atoms with Crippen molar-refractivity contribution in [3.63, 3.8) is 0 Å². The average Bonchev–Trinajstić information content (AvgIpc) is 2.91. The van der Waals surface area contributed by atoms with Crippen LogP contribution in [0.4, 0.5) is 0 Å². The van der Waals surface area contributed by atoms with Crippen LogP contribution in [0.3, 0.4) is 0 Å². The van der Waals surface area contributed by atoms with Crippen LogP contribution in [0.5, 0.6) is 0 Å². The monoisotopic (exact) mass is 404 g/mol. The van der Waals surface area contributed by atoms with Crippen molar-refractivity contribution in [1.29, 1.82) is 0 Å². The van der Waals surface area contributed by atoms with E-state index in [1.165, 1.54) is 6.92 Å². The van der Waals surface area contributed by atoms with Gasteiger partial charge in [-0.3, -0.25) is 19.2 Å². The van der Waals surface area contributed by atoms with Crippen LogP contribution < -0.4 is 0 Å². The summed E-state index contributed by atoms with van der Waals surface area (Å²) in [6, 6.07) is 0. The lowest BCUT2D eigenvalue weighted by molar-refractivity contribution is -0.180. The SMILES string of the molecule is CC(=O)OCC(=O)[C@]1(O)CC[C@H]2[C@@H]3CC[C@H]4CC(=O)CC[C@]4(C)[C@@H]3C(=O)C[C@@]21C. The minimum absolute atomic E-state index is 0.0849. The van der Waals surface area contributed by atoms with Gasteiger partial charge in [-0.15, -0.1) is 0 Å². The van der Waals surface area contributed by atoms with Crippen LogP contribution in [0.25, 0.3) is 0 Å². The highest BCUT2D eigenvalue weighted by Gasteiger charge is 2.69. The fourth-order valence-corrected chi connectivity index (χ4v) is 7.61. The summed E-state index contributed by atoms with van der Waals surface area (Å²) in [5.41, 5.74) is -2.61. The second-order valence-electron chi connectivity index (χ2n) is 10.4. The molecule has 4 aliphatic rings. The number of Topliss-reactive ketones (excluding diaryl/α,β-unsaturated/α-hetero) is 3. The molecule has 4 fully saturated rings. The van der Waals surface area contributed by atoms with Crippen LogP contribution in [-0.2, 0) is 23.9 Å². The summed E-state index contributed by atoms with van der Waals surface area (Å²) in [7, 11) is 0. The molecule has 0 aromatic rings. The van der Waals surface area contributed by atoms with Crippen molar-refractivity contribution >= 4 is 23.3 Å². The number of hydrogen-bond donors (Lipinski definition) is 1. The van der Waals surface area contributed by atoms with E-state index in [2.05, 4.69) is 6.92 Å². The quantitative estimate of drug-likeness (QED) is 0.726. The van der Waals surface area contributed by atoms with Crippen molar-refractivity contribution in [1.82, 2.24) is 0 Å². The number of esters is 1. The number of carbonyl (C=O) groups excluding carboxylic acids is 4. The molecule has 0 bridgehead atoms. The number of fused-ring (bicyclic) bond motifs is 5. The summed E-state index contributed by atoms with van der Waals surface area (Å²) in [5.74, 6) is -0.187. The molecule has 0 aliphatic heterocycles. The molecular weight excluding hydrogens is 372 g/mol. The lowest BCUT2D eigenvalue weighted by Gasteiger charge is -2.59. The number of ketones is 3. The van der Waals surface area contributed by atoms with Gasteiger partial charge in [0.05, 0.1) is 0 Å². The summed E-state index contributed by atoms with van der Waals surface area (Å²) in [5, 5.41) is 11.4. The topological polar surface area (TPSA) is 97.7 Å². The highest BCUT2D eigenvalue weighted by Crippen LogP contribution is 2.67. The van der Waals surface area contributed by atoms with Gasteiger partial charge in [0.1, 0.15) is 17.2 Å². The van der Waals surface area contributed by atoms with E-state index in [-0.39, 0.29) is 41.3 Å². The van der Waals surface area contributed by atoms with Crippen molar-refractivity contribution in [2.45, 2.75) is 77.7 Å². The summed E-state index contributed by atoms with van der Waals surface area (Å²) in [6.07, 6.45) is 4.90. The molecule has 6 heteroatoms. The smallest absolute Gasteiger partial charge is 0.303 e. The molecule has 7 atom stereocenters. The largest absolute Gasteiger partial charge is 0.458 e. The molecule has 0 saturated heterocycles. The third kappa shape index (κ3) is 2.85. The summed E-state index contributed by atoms with van der Waals surface area (Å²) in [6.45, 7) is 4.86. The molecule has 0 unspecified atom stereocenters.